The fraction of sp³-hybridized carbons (Fsp3) is 0.417. The van der Waals surface area contributed by atoms with Gasteiger partial charge in [-0.2, -0.15) is 0 Å². The maximum atomic E-state index is 13.4. The highest BCUT2D eigenvalue weighted by Crippen LogP contribution is 2.48. The van der Waals surface area contributed by atoms with Crippen molar-refractivity contribution in [1.82, 2.24) is 5.32 Å². The van der Waals surface area contributed by atoms with Gasteiger partial charge in [0.2, 0.25) is 11.8 Å². The number of nitrogens with one attached hydrogen (secondary N) is 3. The summed E-state index contributed by atoms with van der Waals surface area (Å²) in [6.45, 7) is 6.32. The number of carbonyl (C=O) groups is 2. The molecule has 2 aliphatic heterocycles. The van der Waals surface area contributed by atoms with Gasteiger partial charge in [0.15, 0.2) is 0 Å². The third kappa shape index (κ3) is 3.45. The van der Waals surface area contributed by atoms with Crippen LogP contribution < -0.4 is 20.7 Å². The van der Waals surface area contributed by atoms with E-state index in [4.69, 9.17) is 4.74 Å². The monoisotopic (exact) mass is 407 g/mol. The summed E-state index contributed by atoms with van der Waals surface area (Å²) < 4.78 is 5.19. The number of amides is 2. The van der Waals surface area contributed by atoms with E-state index in [1.807, 2.05) is 37.3 Å². The second-order valence-corrected chi connectivity index (χ2v) is 8.79. The molecule has 0 aromatic heterocycles. The maximum absolute atomic E-state index is 13.4. The first-order valence-corrected chi connectivity index (χ1v) is 10.5. The number of methoxy groups -OCH3 is 1. The molecule has 2 aliphatic rings. The summed E-state index contributed by atoms with van der Waals surface area (Å²) in [5.74, 6) is 0.382. The lowest BCUT2D eigenvalue weighted by atomic mass is 9.79. The molecule has 2 aromatic rings. The minimum absolute atomic E-state index is 0.0915. The SMILES string of the molecule is COc1ccc(NC(=O)[C@@H]2C[C@@H](CC(C)C)N[C@@]23C(=O)Nc2ccc(C)cc23)cc1. The Balaban J connectivity index is 1.69. The molecule has 3 N–H and O–H groups in total. The summed E-state index contributed by atoms with van der Waals surface area (Å²) in [6.07, 6.45) is 1.52. The molecule has 2 heterocycles. The Hall–Kier alpha value is -2.86. The standard InChI is InChI=1S/C24H29N3O3/c1-14(2)11-17-13-20(22(28)25-16-6-8-18(30-4)9-7-16)24(27-17)19-12-15(3)5-10-21(19)26-23(24)29/h5-10,12,14,17,20,27H,11,13H2,1-4H3,(H,25,28)(H,26,29)/t17-,20+,24-/m1/s1. The van der Waals surface area contributed by atoms with Gasteiger partial charge in [-0.05, 0) is 56.0 Å². The minimum atomic E-state index is -1.04. The second-order valence-electron chi connectivity index (χ2n) is 8.79. The average molecular weight is 408 g/mol. The van der Waals surface area contributed by atoms with E-state index in [1.54, 1.807) is 19.2 Å². The van der Waals surface area contributed by atoms with Gasteiger partial charge in [-0.15, -0.1) is 0 Å². The van der Waals surface area contributed by atoms with Crippen LogP contribution in [0.15, 0.2) is 42.5 Å². The lowest BCUT2D eigenvalue weighted by Crippen LogP contribution is -2.52. The Morgan fingerprint density at radius 2 is 1.97 bits per heavy atom. The fourth-order valence-electron chi connectivity index (χ4n) is 4.80. The first-order chi connectivity index (χ1) is 14.3. The van der Waals surface area contributed by atoms with Crippen LogP contribution in [0.3, 0.4) is 0 Å². The van der Waals surface area contributed by atoms with Gasteiger partial charge in [-0.1, -0.05) is 31.5 Å². The van der Waals surface area contributed by atoms with Crippen molar-refractivity contribution < 1.29 is 14.3 Å². The van der Waals surface area contributed by atoms with E-state index in [9.17, 15) is 9.59 Å². The largest absolute Gasteiger partial charge is 0.497 e. The summed E-state index contributed by atoms with van der Waals surface area (Å²) in [6, 6.07) is 13.2. The van der Waals surface area contributed by atoms with Gasteiger partial charge in [0, 0.05) is 23.0 Å². The zero-order chi connectivity index (χ0) is 21.5. The van der Waals surface area contributed by atoms with Gasteiger partial charge in [0.05, 0.1) is 13.0 Å². The molecule has 3 atom stereocenters. The lowest BCUT2D eigenvalue weighted by molar-refractivity contribution is -0.130. The smallest absolute Gasteiger partial charge is 0.250 e. The lowest BCUT2D eigenvalue weighted by Gasteiger charge is -2.29. The number of carbonyl (C=O) groups excluding carboxylic acids is 2. The molecule has 1 saturated heterocycles. The molecule has 1 spiro atoms. The zero-order valence-electron chi connectivity index (χ0n) is 17.9. The molecule has 0 bridgehead atoms. The van der Waals surface area contributed by atoms with Crippen molar-refractivity contribution in [3.63, 3.8) is 0 Å². The molecule has 30 heavy (non-hydrogen) atoms. The van der Waals surface area contributed by atoms with Gasteiger partial charge in [0.1, 0.15) is 11.3 Å². The molecule has 0 radical (unpaired) electrons. The molecule has 0 saturated carbocycles. The molecule has 4 rings (SSSR count). The van der Waals surface area contributed by atoms with E-state index >= 15 is 0 Å². The molecule has 6 nitrogen and oxygen atoms in total. The van der Waals surface area contributed by atoms with Crippen LogP contribution in [0.1, 0.15) is 37.8 Å². The number of ether oxygens (including phenoxy) is 1. The van der Waals surface area contributed by atoms with E-state index < -0.39 is 11.5 Å². The molecule has 1 fully saturated rings. The van der Waals surface area contributed by atoms with Gasteiger partial charge in [-0.25, -0.2) is 0 Å². The summed E-state index contributed by atoms with van der Waals surface area (Å²) >= 11 is 0. The van der Waals surface area contributed by atoms with E-state index in [1.165, 1.54) is 0 Å². The van der Waals surface area contributed by atoms with Crippen LogP contribution in [0.2, 0.25) is 0 Å². The van der Waals surface area contributed by atoms with Crippen LogP contribution in [0.25, 0.3) is 0 Å². The van der Waals surface area contributed by atoms with E-state index in [0.717, 1.165) is 29.0 Å². The summed E-state index contributed by atoms with van der Waals surface area (Å²) in [7, 11) is 1.61. The average Bonchev–Trinajstić information content (AvgIpc) is 3.21. The van der Waals surface area contributed by atoms with Crippen molar-refractivity contribution in [1.29, 1.82) is 0 Å². The Morgan fingerprint density at radius 1 is 1.23 bits per heavy atom. The molecular weight excluding hydrogens is 378 g/mol. The van der Waals surface area contributed by atoms with Crippen molar-refractivity contribution >= 4 is 23.2 Å². The Bertz CT molecular complexity index is 970. The van der Waals surface area contributed by atoms with Crippen molar-refractivity contribution in [3.05, 3.63) is 53.6 Å². The predicted octanol–water partition coefficient (Wildman–Crippen LogP) is 3.81. The van der Waals surface area contributed by atoms with Gasteiger partial charge in [-0.3, -0.25) is 14.9 Å². The molecule has 158 valence electrons. The molecule has 2 aromatic carbocycles. The summed E-state index contributed by atoms with van der Waals surface area (Å²) in [5, 5.41) is 9.58. The molecular formula is C24H29N3O3. The first-order valence-electron chi connectivity index (χ1n) is 10.5. The Morgan fingerprint density at radius 3 is 2.63 bits per heavy atom. The van der Waals surface area contributed by atoms with E-state index in [0.29, 0.717) is 18.0 Å². The van der Waals surface area contributed by atoms with Crippen LogP contribution in [0, 0.1) is 18.8 Å². The van der Waals surface area contributed by atoms with Crippen molar-refractivity contribution in [2.75, 3.05) is 17.7 Å². The van der Waals surface area contributed by atoms with E-state index in [-0.39, 0.29) is 17.9 Å². The topological polar surface area (TPSA) is 79.5 Å². The molecule has 6 heteroatoms. The number of benzene rings is 2. The maximum Gasteiger partial charge on any atom is 0.250 e. The Kier molecular flexibility index (Phi) is 5.28. The number of hydrogen-bond donors (Lipinski definition) is 3. The third-order valence-electron chi connectivity index (χ3n) is 6.11. The minimum Gasteiger partial charge on any atom is -0.497 e. The van der Waals surface area contributed by atoms with Gasteiger partial charge in [0.25, 0.3) is 0 Å². The second kappa shape index (κ2) is 7.76. The van der Waals surface area contributed by atoms with Crippen molar-refractivity contribution in [2.45, 2.75) is 45.2 Å². The molecule has 0 unspecified atom stereocenters. The highest BCUT2D eigenvalue weighted by atomic mass is 16.5. The van der Waals surface area contributed by atoms with Crippen LogP contribution >= 0.6 is 0 Å². The number of rotatable bonds is 5. The number of hydrogen-bond acceptors (Lipinski definition) is 4. The first kappa shape index (κ1) is 20.4. The van der Waals surface area contributed by atoms with Gasteiger partial charge >= 0.3 is 0 Å². The van der Waals surface area contributed by atoms with Crippen molar-refractivity contribution in [2.24, 2.45) is 11.8 Å². The normalized spacial score (nSPS) is 24.8. The highest BCUT2D eigenvalue weighted by Gasteiger charge is 2.60. The molecule has 0 aliphatic carbocycles. The molecule has 2 amide bonds. The fourth-order valence-corrected chi connectivity index (χ4v) is 4.80. The highest BCUT2D eigenvalue weighted by molar-refractivity contribution is 6.10. The third-order valence-corrected chi connectivity index (χ3v) is 6.11. The quantitative estimate of drug-likeness (QED) is 0.704. The van der Waals surface area contributed by atoms with Crippen LogP contribution in [0.4, 0.5) is 11.4 Å². The summed E-state index contributed by atoms with van der Waals surface area (Å²) in [5.41, 5.74) is 2.36. The van der Waals surface area contributed by atoms with Crippen LogP contribution in [-0.4, -0.2) is 25.0 Å². The van der Waals surface area contributed by atoms with Crippen molar-refractivity contribution in [3.8, 4) is 5.75 Å². The number of anilines is 2. The summed E-state index contributed by atoms with van der Waals surface area (Å²) in [4.78, 5) is 26.7. The number of fused-ring (bicyclic) bond motifs is 2. The van der Waals surface area contributed by atoms with E-state index in [2.05, 4.69) is 29.8 Å². The predicted molar refractivity (Wildman–Crippen MR) is 118 cm³/mol. The van der Waals surface area contributed by atoms with Crippen LogP contribution in [0.5, 0.6) is 5.75 Å². The Labute approximate surface area is 177 Å². The van der Waals surface area contributed by atoms with Gasteiger partial charge < -0.3 is 15.4 Å². The zero-order valence-corrected chi connectivity index (χ0v) is 17.9. The van der Waals surface area contributed by atoms with Crippen LogP contribution in [-0.2, 0) is 15.1 Å². The number of aryl methyl sites for hydroxylation is 1.